The summed E-state index contributed by atoms with van der Waals surface area (Å²) in [6.07, 6.45) is 3.50. The van der Waals surface area contributed by atoms with E-state index in [0.717, 1.165) is 27.7 Å². The summed E-state index contributed by atoms with van der Waals surface area (Å²) in [5.74, 6) is -0.0265. The van der Waals surface area contributed by atoms with Crippen molar-refractivity contribution in [2.24, 2.45) is 0 Å². The maximum atomic E-state index is 12.7. The number of pyridine rings is 2. The van der Waals surface area contributed by atoms with E-state index in [0.29, 0.717) is 12.1 Å². The van der Waals surface area contributed by atoms with Crippen molar-refractivity contribution < 1.29 is 4.79 Å². The zero-order valence-electron chi connectivity index (χ0n) is 13.6. The third kappa shape index (κ3) is 3.21. The predicted octanol–water partition coefficient (Wildman–Crippen LogP) is 3.52. The van der Waals surface area contributed by atoms with Crippen molar-refractivity contribution >= 4 is 16.8 Å². The quantitative estimate of drug-likeness (QED) is 0.744. The van der Waals surface area contributed by atoms with Gasteiger partial charge in [-0.1, -0.05) is 18.2 Å². The second kappa shape index (κ2) is 6.16. The molecule has 0 atom stereocenters. The van der Waals surface area contributed by atoms with Gasteiger partial charge in [0.05, 0.1) is 16.8 Å². The molecule has 0 N–H and O–H groups in total. The molecule has 116 valence electrons. The van der Waals surface area contributed by atoms with Crippen LogP contribution >= 0.6 is 0 Å². The molecule has 0 saturated carbocycles. The molecule has 4 nitrogen and oxygen atoms in total. The first kappa shape index (κ1) is 15.2. The minimum Gasteiger partial charge on any atom is -0.337 e. The van der Waals surface area contributed by atoms with Crippen molar-refractivity contribution in [3.63, 3.8) is 0 Å². The molecule has 2 heterocycles. The lowest BCUT2D eigenvalue weighted by molar-refractivity contribution is 0.0784. The van der Waals surface area contributed by atoms with Crippen LogP contribution in [0.1, 0.15) is 27.2 Å². The van der Waals surface area contributed by atoms with Crippen LogP contribution in [0.15, 0.2) is 48.8 Å². The van der Waals surface area contributed by atoms with E-state index >= 15 is 0 Å². The van der Waals surface area contributed by atoms with Crippen molar-refractivity contribution in [1.82, 2.24) is 14.9 Å². The predicted molar refractivity (Wildman–Crippen MR) is 91.3 cm³/mol. The maximum absolute atomic E-state index is 12.7. The van der Waals surface area contributed by atoms with Gasteiger partial charge in [0.15, 0.2) is 0 Å². The Morgan fingerprint density at radius 3 is 2.74 bits per heavy atom. The molecule has 2 aromatic heterocycles. The third-order valence-electron chi connectivity index (χ3n) is 3.88. The number of aromatic nitrogens is 2. The number of hydrogen-bond acceptors (Lipinski definition) is 3. The van der Waals surface area contributed by atoms with Gasteiger partial charge < -0.3 is 4.90 Å². The molecule has 4 heteroatoms. The number of carbonyl (C=O) groups is 1. The van der Waals surface area contributed by atoms with Crippen LogP contribution in [-0.4, -0.2) is 27.8 Å². The smallest absolute Gasteiger partial charge is 0.255 e. The summed E-state index contributed by atoms with van der Waals surface area (Å²) in [5.41, 5.74) is 4.50. The molecule has 0 radical (unpaired) electrons. The van der Waals surface area contributed by atoms with Crippen LogP contribution < -0.4 is 0 Å². The van der Waals surface area contributed by atoms with Crippen molar-refractivity contribution in [1.29, 1.82) is 0 Å². The Morgan fingerprint density at radius 2 is 2.00 bits per heavy atom. The Hall–Kier alpha value is -2.75. The molecule has 0 unspecified atom stereocenters. The molecule has 1 amide bonds. The highest BCUT2D eigenvalue weighted by Gasteiger charge is 2.16. The third-order valence-corrected chi connectivity index (χ3v) is 3.88. The van der Waals surface area contributed by atoms with Crippen molar-refractivity contribution in [2.75, 3.05) is 7.05 Å². The van der Waals surface area contributed by atoms with Gasteiger partial charge in [0, 0.05) is 31.4 Å². The lowest BCUT2D eigenvalue weighted by atomic mass is 10.1. The Kier molecular flexibility index (Phi) is 4.06. The van der Waals surface area contributed by atoms with Gasteiger partial charge >= 0.3 is 0 Å². The number of nitrogens with zero attached hydrogens (tertiary/aromatic N) is 3. The topological polar surface area (TPSA) is 46.1 Å². The number of carbonyl (C=O) groups excluding carboxylic acids is 1. The summed E-state index contributed by atoms with van der Waals surface area (Å²) in [4.78, 5) is 23.1. The minimum atomic E-state index is -0.0265. The molecule has 0 saturated heterocycles. The van der Waals surface area contributed by atoms with Crippen molar-refractivity contribution in [3.8, 4) is 0 Å². The second-order valence-corrected chi connectivity index (χ2v) is 5.84. The summed E-state index contributed by atoms with van der Waals surface area (Å²) < 4.78 is 0. The fraction of sp³-hybridized carbons (Fsp3) is 0.211. The SMILES string of the molecule is Cc1ccc2cc(C(=O)N(C)Cc3cccnc3)c(C)nc2c1. The Bertz CT molecular complexity index is 859. The Balaban J connectivity index is 1.91. The summed E-state index contributed by atoms with van der Waals surface area (Å²) in [5, 5.41) is 0.985. The van der Waals surface area contributed by atoms with E-state index in [4.69, 9.17) is 0 Å². The van der Waals surface area contributed by atoms with Gasteiger partial charge in [-0.15, -0.1) is 0 Å². The van der Waals surface area contributed by atoms with E-state index < -0.39 is 0 Å². The van der Waals surface area contributed by atoms with E-state index in [1.807, 2.05) is 50.2 Å². The molecule has 0 aliphatic heterocycles. The normalized spacial score (nSPS) is 10.7. The fourth-order valence-corrected chi connectivity index (χ4v) is 2.63. The van der Waals surface area contributed by atoms with E-state index in [1.54, 1.807) is 24.3 Å². The first-order valence-electron chi connectivity index (χ1n) is 7.57. The molecule has 1 aromatic carbocycles. The highest BCUT2D eigenvalue weighted by atomic mass is 16.2. The highest BCUT2D eigenvalue weighted by Crippen LogP contribution is 2.19. The van der Waals surface area contributed by atoms with E-state index in [9.17, 15) is 4.79 Å². The minimum absolute atomic E-state index is 0.0265. The van der Waals surface area contributed by atoms with Crippen molar-refractivity contribution in [3.05, 3.63) is 71.2 Å². The standard InChI is InChI=1S/C19H19N3O/c1-13-6-7-16-10-17(14(2)21-18(16)9-13)19(23)22(3)12-15-5-4-8-20-11-15/h4-11H,12H2,1-3H3. The number of aryl methyl sites for hydroxylation is 2. The average Bonchev–Trinajstić information content (AvgIpc) is 2.54. The van der Waals surface area contributed by atoms with Crippen molar-refractivity contribution in [2.45, 2.75) is 20.4 Å². The van der Waals surface area contributed by atoms with Gasteiger partial charge in [-0.2, -0.15) is 0 Å². The van der Waals surface area contributed by atoms with Crippen LogP contribution in [-0.2, 0) is 6.54 Å². The van der Waals surface area contributed by atoms with Crippen LogP contribution in [0.4, 0.5) is 0 Å². The van der Waals surface area contributed by atoms with Crippen LogP contribution in [0.2, 0.25) is 0 Å². The summed E-state index contributed by atoms with van der Waals surface area (Å²) in [7, 11) is 1.80. The molecule has 0 spiro atoms. The van der Waals surface area contributed by atoms with Gasteiger partial charge in [-0.05, 0) is 43.2 Å². The number of fused-ring (bicyclic) bond motifs is 1. The molecule has 0 aliphatic carbocycles. The van der Waals surface area contributed by atoms with Gasteiger partial charge in [0.2, 0.25) is 0 Å². The van der Waals surface area contributed by atoms with E-state index in [-0.39, 0.29) is 5.91 Å². The molecular formula is C19H19N3O. The van der Waals surface area contributed by atoms with Gasteiger partial charge in [-0.25, -0.2) is 0 Å². The molecule has 0 bridgehead atoms. The van der Waals surface area contributed by atoms with Gasteiger partial charge in [0.1, 0.15) is 0 Å². The lowest BCUT2D eigenvalue weighted by Crippen LogP contribution is -2.27. The lowest BCUT2D eigenvalue weighted by Gasteiger charge is -2.18. The molecule has 0 fully saturated rings. The summed E-state index contributed by atoms with van der Waals surface area (Å²) >= 11 is 0. The molecule has 0 aliphatic rings. The maximum Gasteiger partial charge on any atom is 0.255 e. The summed E-state index contributed by atoms with van der Waals surface area (Å²) in [6, 6.07) is 11.8. The van der Waals surface area contributed by atoms with E-state index in [1.165, 1.54) is 0 Å². The molecule has 23 heavy (non-hydrogen) atoms. The van der Waals surface area contributed by atoms with Crippen LogP contribution in [0.3, 0.4) is 0 Å². The van der Waals surface area contributed by atoms with Crippen LogP contribution in [0, 0.1) is 13.8 Å². The van der Waals surface area contributed by atoms with E-state index in [2.05, 4.69) is 9.97 Å². The first-order chi connectivity index (χ1) is 11.0. The second-order valence-electron chi connectivity index (χ2n) is 5.84. The Labute approximate surface area is 135 Å². The van der Waals surface area contributed by atoms with Gasteiger partial charge in [-0.3, -0.25) is 14.8 Å². The highest BCUT2D eigenvalue weighted by molar-refractivity contribution is 5.98. The number of amides is 1. The molecule has 3 aromatic rings. The number of benzene rings is 1. The largest absolute Gasteiger partial charge is 0.337 e. The van der Waals surface area contributed by atoms with Crippen LogP contribution in [0.25, 0.3) is 10.9 Å². The zero-order valence-corrected chi connectivity index (χ0v) is 13.6. The average molecular weight is 305 g/mol. The van der Waals surface area contributed by atoms with Crippen LogP contribution in [0.5, 0.6) is 0 Å². The number of rotatable bonds is 3. The molecule has 3 rings (SSSR count). The van der Waals surface area contributed by atoms with Gasteiger partial charge in [0.25, 0.3) is 5.91 Å². The fourth-order valence-electron chi connectivity index (χ4n) is 2.63. The zero-order chi connectivity index (χ0) is 16.4. The summed E-state index contributed by atoms with van der Waals surface area (Å²) in [6.45, 7) is 4.45. The molecular weight excluding hydrogens is 286 g/mol. The Morgan fingerprint density at radius 1 is 1.17 bits per heavy atom. The first-order valence-corrected chi connectivity index (χ1v) is 7.57. The number of hydrogen-bond donors (Lipinski definition) is 0. The monoisotopic (exact) mass is 305 g/mol.